The fourth-order valence-electron chi connectivity index (χ4n) is 1.26. The Balaban J connectivity index is 2.31. The summed E-state index contributed by atoms with van der Waals surface area (Å²) in [5, 5.41) is 4.21. The molecular weight excluding hydrogens is 325 g/mol. The first-order chi connectivity index (χ1) is 8.06. The minimum atomic E-state index is 0.465. The third-order valence-corrected chi connectivity index (χ3v) is 3.23. The Labute approximate surface area is 117 Å². The molecule has 2 aromatic rings. The molecule has 0 unspecified atom stereocenters. The standard InChI is InChI=1S/C11H8BrCl2N3/c12-8-3-6(13)1-2-10(8)17-11-9(14)4-7(15)5-16-11/h1-5H,15H2,(H,16,17). The third-order valence-electron chi connectivity index (χ3n) is 2.05. The lowest BCUT2D eigenvalue weighted by Gasteiger charge is -2.09. The van der Waals surface area contributed by atoms with Crippen LogP contribution in [-0.4, -0.2) is 4.98 Å². The summed E-state index contributed by atoms with van der Waals surface area (Å²) < 4.78 is 0.833. The fraction of sp³-hybridized carbons (Fsp3) is 0. The highest BCUT2D eigenvalue weighted by atomic mass is 79.9. The van der Waals surface area contributed by atoms with Gasteiger partial charge in [0.1, 0.15) is 5.82 Å². The smallest absolute Gasteiger partial charge is 0.149 e. The Kier molecular flexibility index (Phi) is 3.76. The van der Waals surface area contributed by atoms with Crippen LogP contribution in [0.15, 0.2) is 34.9 Å². The summed E-state index contributed by atoms with van der Waals surface area (Å²) in [7, 11) is 0. The van der Waals surface area contributed by atoms with Crippen molar-refractivity contribution in [3.63, 3.8) is 0 Å². The summed E-state index contributed by atoms with van der Waals surface area (Å²) in [6.45, 7) is 0. The Bertz CT molecular complexity index is 511. The van der Waals surface area contributed by atoms with Crippen LogP contribution in [0.3, 0.4) is 0 Å². The molecule has 1 heterocycles. The number of nitrogens with two attached hydrogens (primary N) is 1. The highest BCUT2D eigenvalue weighted by molar-refractivity contribution is 9.10. The summed E-state index contributed by atoms with van der Waals surface area (Å²) in [5.74, 6) is 0.545. The third kappa shape index (κ3) is 3.03. The van der Waals surface area contributed by atoms with Crippen LogP contribution in [-0.2, 0) is 0 Å². The average molecular weight is 333 g/mol. The number of benzene rings is 1. The Morgan fingerprint density at radius 3 is 2.65 bits per heavy atom. The molecule has 0 fully saturated rings. The maximum absolute atomic E-state index is 6.02. The Morgan fingerprint density at radius 1 is 1.24 bits per heavy atom. The van der Waals surface area contributed by atoms with Crippen LogP contribution in [0.4, 0.5) is 17.2 Å². The summed E-state index contributed by atoms with van der Waals surface area (Å²) in [6.07, 6.45) is 1.54. The van der Waals surface area contributed by atoms with E-state index in [0.717, 1.165) is 10.2 Å². The van der Waals surface area contributed by atoms with Gasteiger partial charge in [-0.15, -0.1) is 0 Å². The molecule has 1 aromatic heterocycles. The normalized spacial score (nSPS) is 10.3. The second kappa shape index (κ2) is 5.12. The lowest BCUT2D eigenvalue weighted by atomic mass is 10.3. The van der Waals surface area contributed by atoms with Crippen molar-refractivity contribution in [3.05, 3.63) is 45.0 Å². The molecule has 6 heteroatoms. The molecular formula is C11H8BrCl2N3. The van der Waals surface area contributed by atoms with Crippen molar-refractivity contribution in [2.75, 3.05) is 11.1 Å². The van der Waals surface area contributed by atoms with E-state index in [-0.39, 0.29) is 0 Å². The van der Waals surface area contributed by atoms with Crippen LogP contribution < -0.4 is 11.1 Å². The van der Waals surface area contributed by atoms with Gasteiger partial charge in [0.25, 0.3) is 0 Å². The number of hydrogen-bond acceptors (Lipinski definition) is 3. The van der Waals surface area contributed by atoms with Gasteiger partial charge in [0.2, 0.25) is 0 Å². The number of nitrogens with zero attached hydrogens (tertiary/aromatic N) is 1. The maximum Gasteiger partial charge on any atom is 0.149 e. The van der Waals surface area contributed by atoms with Gasteiger partial charge in [-0.3, -0.25) is 0 Å². The molecule has 0 aliphatic heterocycles. The van der Waals surface area contributed by atoms with Gasteiger partial charge in [-0.25, -0.2) is 4.98 Å². The van der Waals surface area contributed by atoms with Gasteiger partial charge in [-0.1, -0.05) is 23.2 Å². The molecule has 1 aromatic carbocycles. The summed E-state index contributed by atoms with van der Waals surface area (Å²) in [4.78, 5) is 4.11. The van der Waals surface area contributed by atoms with E-state index in [0.29, 0.717) is 21.6 Å². The first-order valence-corrected chi connectivity index (χ1v) is 6.24. The van der Waals surface area contributed by atoms with Crippen LogP contribution in [0.5, 0.6) is 0 Å². The highest BCUT2D eigenvalue weighted by Gasteiger charge is 2.06. The molecule has 17 heavy (non-hydrogen) atoms. The van der Waals surface area contributed by atoms with E-state index in [1.54, 1.807) is 18.2 Å². The Hall–Kier alpha value is -0.970. The zero-order valence-corrected chi connectivity index (χ0v) is 11.6. The van der Waals surface area contributed by atoms with Crippen molar-refractivity contribution < 1.29 is 0 Å². The van der Waals surface area contributed by atoms with E-state index in [2.05, 4.69) is 26.2 Å². The van der Waals surface area contributed by atoms with Crippen LogP contribution >= 0.6 is 39.1 Å². The Morgan fingerprint density at radius 2 is 2.00 bits per heavy atom. The first-order valence-electron chi connectivity index (χ1n) is 4.69. The van der Waals surface area contributed by atoms with Crippen LogP contribution in [0.25, 0.3) is 0 Å². The van der Waals surface area contributed by atoms with Gasteiger partial charge in [0.15, 0.2) is 0 Å². The molecule has 0 aliphatic rings. The zero-order valence-electron chi connectivity index (χ0n) is 8.55. The molecule has 0 amide bonds. The zero-order chi connectivity index (χ0) is 12.4. The second-order valence-corrected chi connectivity index (χ2v) is 5.05. The van der Waals surface area contributed by atoms with Crippen LogP contribution in [0.1, 0.15) is 0 Å². The van der Waals surface area contributed by atoms with E-state index in [1.165, 1.54) is 6.20 Å². The van der Waals surface area contributed by atoms with Crippen molar-refractivity contribution in [3.8, 4) is 0 Å². The number of rotatable bonds is 2. The summed E-state index contributed by atoms with van der Waals surface area (Å²) in [5.41, 5.74) is 6.92. The van der Waals surface area contributed by atoms with E-state index < -0.39 is 0 Å². The number of halogens is 3. The van der Waals surface area contributed by atoms with E-state index >= 15 is 0 Å². The lowest BCUT2D eigenvalue weighted by molar-refractivity contribution is 1.31. The number of pyridine rings is 1. The number of anilines is 3. The quantitative estimate of drug-likeness (QED) is 0.852. The second-order valence-electron chi connectivity index (χ2n) is 3.35. The number of hydrogen-bond donors (Lipinski definition) is 2. The lowest BCUT2D eigenvalue weighted by Crippen LogP contribution is -1.96. The van der Waals surface area contributed by atoms with Gasteiger partial charge in [0, 0.05) is 9.50 Å². The van der Waals surface area contributed by atoms with Gasteiger partial charge >= 0.3 is 0 Å². The minimum Gasteiger partial charge on any atom is -0.397 e. The van der Waals surface area contributed by atoms with E-state index in [4.69, 9.17) is 28.9 Å². The van der Waals surface area contributed by atoms with Crippen molar-refractivity contribution in [1.29, 1.82) is 0 Å². The monoisotopic (exact) mass is 331 g/mol. The van der Waals surface area contributed by atoms with Crippen LogP contribution in [0, 0.1) is 0 Å². The fourth-order valence-corrected chi connectivity index (χ4v) is 2.27. The topological polar surface area (TPSA) is 50.9 Å². The van der Waals surface area contributed by atoms with Crippen LogP contribution in [0.2, 0.25) is 10.0 Å². The molecule has 0 spiro atoms. The van der Waals surface area contributed by atoms with Crippen molar-refractivity contribution in [2.45, 2.75) is 0 Å². The molecule has 2 rings (SSSR count). The molecule has 0 bridgehead atoms. The molecule has 0 saturated carbocycles. The predicted octanol–water partition coefficient (Wildman–Crippen LogP) is 4.48. The summed E-state index contributed by atoms with van der Waals surface area (Å²) >= 11 is 15.3. The average Bonchev–Trinajstić information content (AvgIpc) is 2.25. The molecule has 0 atom stereocenters. The number of nitrogen functional groups attached to an aromatic ring is 1. The molecule has 0 radical (unpaired) electrons. The van der Waals surface area contributed by atoms with Gasteiger partial charge in [-0.05, 0) is 40.2 Å². The molecule has 88 valence electrons. The van der Waals surface area contributed by atoms with Gasteiger partial charge in [-0.2, -0.15) is 0 Å². The summed E-state index contributed by atoms with van der Waals surface area (Å²) in [6, 6.07) is 7.04. The molecule has 0 saturated heterocycles. The first kappa shape index (κ1) is 12.5. The number of aromatic nitrogens is 1. The number of nitrogens with one attached hydrogen (secondary N) is 1. The molecule has 3 nitrogen and oxygen atoms in total. The van der Waals surface area contributed by atoms with Crippen molar-refractivity contribution >= 4 is 56.3 Å². The van der Waals surface area contributed by atoms with Gasteiger partial charge in [0.05, 0.1) is 22.6 Å². The molecule has 3 N–H and O–H groups in total. The van der Waals surface area contributed by atoms with Crippen molar-refractivity contribution in [2.24, 2.45) is 0 Å². The highest BCUT2D eigenvalue weighted by Crippen LogP contribution is 2.30. The predicted molar refractivity (Wildman–Crippen MR) is 76.1 cm³/mol. The SMILES string of the molecule is Nc1cnc(Nc2ccc(Cl)cc2Br)c(Cl)c1. The van der Waals surface area contributed by atoms with E-state index in [9.17, 15) is 0 Å². The van der Waals surface area contributed by atoms with Crippen molar-refractivity contribution in [1.82, 2.24) is 4.98 Å². The van der Waals surface area contributed by atoms with Gasteiger partial charge < -0.3 is 11.1 Å². The molecule has 0 aliphatic carbocycles. The maximum atomic E-state index is 6.02. The van der Waals surface area contributed by atoms with E-state index in [1.807, 2.05) is 6.07 Å². The largest absolute Gasteiger partial charge is 0.397 e. The minimum absolute atomic E-state index is 0.465.